The molecule has 3 aromatic rings. The molecule has 0 saturated carbocycles. The van der Waals surface area contributed by atoms with Crippen LogP contribution in [0.25, 0.3) is 10.8 Å². The number of aliphatic hydroxyl groups excluding tert-OH is 1. The maximum Gasteiger partial charge on any atom is 0.272 e. The molecule has 0 aliphatic rings. The number of aliphatic hydroxyl groups is 1. The van der Waals surface area contributed by atoms with Gasteiger partial charge < -0.3 is 14.8 Å². The van der Waals surface area contributed by atoms with E-state index in [0.29, 0.717) is 17.2 Å². The van der Waals surface area contributed by atoms with Crippen LogP contribution in [0.1, 0.15) is 16.2 Å². The summed E-state index contributed by atoms with van der Waals surface area (Å²) in [4.78, 5) is 24.1. The van der Waals surface area contributed by atoms with Gasteiger partial charge in [-0.05, 0) is 18.2 Å². The number of H-pyrrole nitrogens is 1. The summed E-state index contributed by atoms with van der Waals surface area (Å²) >= 11 is 0. The number of fused-ring (bicyclic) bond motifs is 1. The molecule has 1 atom stereocenters. The summed E-state index contributed by atoms with van der Waals surface area (Å²) in [6.07, 6.45) is 2.09. The van der Waals surface area contributed by atoms with Gasteiger partial charge in [-0.25, -0.2) is 5.10 Å². The fraction of sp³-hybridized carbons (Fsp3) is 0.235. The number of hydrogen-bond acceptors (Lipinski definition) is 5. The van der Waals surface area contributed by atoms with Crippen molar-refractivity contribution in [2.24, 2.45) is 5.92 Å². The molecule has 0 aliphatic heterocycles. The highest BCUT2D eigenvalue weighted by molar-refractivity contribution is 6.04. The molecule has 7 nitrogen and oxygen atoms in total. The van der Waals surface area contributed by atoms with Crippen molar-refractivity contribution in [3.05, 3.63) is 64.5 Å². The molecular formula is C17H17N3O4. The van der Waals surface area contributed by atoms with Gasteiger partial charge in [0.1, 0.15) is 5.76 Å². The Morgan fingerprint density at radius 2 is 2.04 bits per heavy atom. The van der Waals surface area contributed by atoms with Gasteiger partial charge in [0.15, 0.2) is 5.69 Å². The maximum absolute atomic E-state index is 12.4. The molecule has 0 aliphatic carbocycles. The predicted molar refractivity (Wildman–Crippen MR) is 87.7 cm³/mol. The molecule has 0 fully saturated rings. The van der Waals surface area contributed by atoms with Crippen LogP contribution in [0.15, 0.2) is 51.9 Å². The van der Waals surface area contributed by atoms with E-state index in [1.54, 1.807) is 36.6 Å². The van der Waals surface area contributed by atoms with Crippen molar-refractivity contribution in [3.8, 4) is 0 Å². The van der Waals surface area contributed by atoms with E-state index in [9.17, 15) is 14.7 Å². The van der Waals surface area contributed by atoms with Crippen molar-refractivity contribution in [1.29, 1.82) is 0 Å². The summed E-state index contributed by atoms with van der Waals surface area (Å²) in [5, 5.41) is 19.3. The summed E-state index contributed by atoms with van der Waals surface area (Å²) in [5.74, 6) is 0.172. The number of nitrogens with zero attached hydrogens (tertiary/aromatic N) is 1. The number of rotatable bonds is 6. The number of hydrogen-bond donors (Lipinski definition) is 3. The molecule has 3 N–H and O–H groups in total. The van der Waals surface area contributed by atoms with Crippen molar-refractivity contribution in [2.45, 2.75) is 6.42 Å². The lowest BCUT2D eigenvalue weighted by Gasteiger charge is -2.14. The van der Waals surface area contributed by atoms with Gasteiger partial charge in [0.2, 0.25) is 0 Å². The van der Waals surface area contributed by atoms with Crippen molar-refractivity contribution in [3.63, 3.8) is 0 Å². The second-order valence-electron chi connectivity index (χ2n) is 5.49. The number of benzene rings is 1. The van der Waals surface area contributed by atoms with Crippen molar-refractivity contribution in [2.75, 3.05) is 13.2 Å². The molecule has 0 radical (unpaired) electrons. The molecule has 7 heteroatoms. The smallest absolute Gasteiger partial charge is 0.272 e. The minimum absolute atomic E-state index is 0.0826. The number of amides is 1. The lowest BCUT2D eigenvalue weighted by molar-refractivity contribution is 0.0935. The van der Waals surface area contributed by atoms with Gasteiger partial charge in [-0.3, -0.25) is 9.59 Å². The predicted octanol–water partition coefficient (Wildman–Crippen LogP) is 1.10. The van der Waals surface area contributed by atoms with E-state index in [1.165, 1.54) is 0 Å². The zero-order valence-corrected chi connectivity index (χ0v) is 12.9. The van der Waals surface area contributed by atoms with Crippen molar-refractivity contribution >= 4 is 16.7 Å². The molecule has 0 spiro atoms. The Kier molecular flexibility index (Phi) is 4.72. The van der Waals surface area contributed by atoms with Crippen LogP contribution in [0.5, 0.6) is 0 Å². The Morgan fingerprint density at radius 1 is 1.25 bits per heavy atom. The fourth-order valence-electron chi connectivity index (χ4n) is 2.52. The zero-order chi connectivity index (χ0) is 16.9. The average Bonchev–Trinajstić information content (AvgIpc) is 3.12. The average molecular weight is 327 g/mol. The van der Waals surface area contributed by atoms with E-state index < -0.39 is 5.91 Å². The van der Waals surface area contributed by atoms with Crippen LogP contribution in [-0.4, -0.2) is 34.4 Å². The second kappa shape index (κ2) is 7.10. The van der Waals surface area contributed by atoms with Crippen LogP contribution in [0.3, 0.4) is 0 Å². The number of aromatic amines is 1. The first-order valence-electron chi connectivity index (χ1n) is 7.58. The Bertz CT molecular complexity index is 886. The number of nitrogens with one attached hydrogen (secondary N) is 2. The lowest BCUT2D eigenvalue weighted by atomic mass is 10.0. The summed E-state index contributed by atoms with van der Waals surface area (Å²) in [6.45, 7) is 0.186. The Hall–Kier alpha value is -2.93. The van der Waals surface area contributed by atoms with E-state index in [-0.39, 0.29) is 30.3 Å². The molecule has 3 rings (SSSR count). The Labute approximate surface area is 137 Å². The molecule has 0 bridgehead atoms. The van der Waals surface area contributed by atoms with Gasteiger partial charge in [-0.1, -0.05) is 18.2 Å². The zero-order valence-electron chi connectivity index (χ0n) is 12.9. The summed E-state index contributed by atoms with van der Waals surface area (Å²) < 4.78 is 5.25. The third kappa shape index (κ3) is 3.36. The fourth-order valence-corrected chi connectivity index (χ4v) is 2.52. The first kappa shape index (κ1) is 15.9. The summed E-state index contributed by atoms with van der Waals surface area (Å²) in [7, 11) is 0. The molecule has 0 saturated heterocycles. The van der Waals surface area contributed by atoms with Gasteiger partial charge >= 0.3 is 0 Å². The van der Waals surface area contributed by atoms with Crippen LogP contribution in [0.4, 0.5) is 0 Å². The first-order chi connectivity index (χ1) is 11.7. The van der Waals surface area contributed by atoms with E-state index in [4.69, 9.17) is 4.42 Å². The molecule has 1 amide bonds. The molecular weight excluding hydrogens is 310 g/mol. The number of carbonyl (C=O) groups is 1. The first-order valence-corrected chi connectivity index (χ1v) is 7.58. The third-order valence-corrected chi connectivity index (χ3v) is 3.79. The highest BCUT2D eigenvalue weighted by atomic mass is 16.3. The summed E-state index contributed by atoms with van der Waals surface area (Å²) in [6, 6.07) is 10.4. The Balaban J connectivity index is 1.73. The van der Waals surface area contributed by atoms with Gasteiger partial charge in [0.05, 0.1) is 11.6 Å². The molecule has 24 heavy (non-hydrogen) atoms. The number of furan rings is 1. The van der Waals surface area contributed by atoms with E-state index in [1.807, 2.05) is 6.07 Å². The minimum Gasteiger partial charge on any atom is -0.469 e. The Morgan fingerprint density at radius 3 is 2.75 bits per heavy atom. The maximum atomic E-state index is 12.4. The van der Waals surface area contributed by atoms with Gasteiger partial charge in [-0.15, -0.1) is 0 Å². The molecule has 1 aromatic carbocycles. The van der Waals surface area contributed by atoms with Crippen LogP contribution < -0.4 is 10.9 Å². The standard InChI is InChI=1S/C17H17N3O4/c21-10-11(8-12-4-3-7-24-12)9-18-17(23)15-13-5-1-2-6-14(13)16(22)20-19-15/h1-7,11,21H,8-10H2,(H,18,23)(H,20,22). The number of aromatic nitrogens is 2. The molecule has 2 heterocycles. The summed E-state index contributed by atoms with van der Waals surface area (Å²) in [5.41, 5.74) is -0.187. The topological polar surface area (TPSA) is 108 Å². The van der Waals surface area contributed by atoms with Gasteiger partial charge in [-0.2, -0.15) is 5.10 Å². The number of carbonyl (C=O) groups excluding carboxylic acids is 1. The van der Waals surface area contributed by atoms with E-state index >= 15 is 0 Å². The second-order valence-corrected chi connectivity index (χ2v) is 5.49. The van der Waals surface area contributed by atoms with Crippen molar-refractivity contribution in [1.82, 2.24) is 15.5 Å². The normalized spacial score (nSPS) is 12.2. The van der Waals surface area contributed by atoms with E-state index in [0.717, 1.165) is 5.76 Å². The van der Waals surface area contributed by atoms with Crippen molar-refractivity contribution < 1.29 is 14.3 Å². The van der Waals surface area contributed by atoms with Crippen LogP contribution in [0, 0.1) is 5.92 Å². The SMILES string of the molecule is O=C(NCC(CO)Cc1ccco1)c1n[nH]c(=O)c2ccccc12. The molecule has 124 valence electrons. The quantitative estimate of drug-likeness (QED) is 0.628. The largest absolute Gasteiger partial charge is 0.469 e. The van der Waals surface area contributed by atoms with Gasteiger partial charge in [0, 0.05) is 30.9 Å². The van der Waals surface area contributed by atoms with E-state index in [2.05, 4.69) is 15.5 Å². The minimum atomic E-state index is -0.402. The highest BCUT2D eigenvalue weighted by Gasteiger charge is 2.16. The van der Waals surface area contributed by atoms with Crippen LogP contribution in [-0.2, 0) is 6.42 Å². The molecule has 1 unspecified atom stereocenters. The molecule has 2 aromatic heterocycles. The van der Waals surface area contributed by atoms with Gasteiger partial charge in [0.25, 0.3) is 11.5 Å². The lowest BCUT2D eigenvalue weighted by Crippen LogP contribution is -2.33. The monoisotopic (exact) mass is 327 g/mol. The highest BCUT2D eigenvalue weighted by Crippen LogP contribution is 2.13. The third-order valence-electron chi connectivity index (χ3n) is 3.79. The van der Waals surface area contributed by atoms with Crippen LogP contribution >= 0.6 is 0 Å². The van der Waals surface area contributed by atoms with Crippen LogP contribution in [0.2, 0.25) is 0 Å².